The number of fused-ring (bicyclic) bond motifs is 1. The minimum absolute atomic E-state index is 0.142. The fourth-order valence-corrected chi connectivity index (χ4v) is 2.22. The van der Waals surface area contributed by atoms with E-state index in [1.807, 2.05) is 35.0 Å². The Labute approximate surface area is 110 Å². The number of imide groups is 1. The van der Waals surface area contributed by atoms with E-state index in [1.54, 1.807) is 7.05 Å². The van der Waals surface area contributed by atoms with Crippen molar-refractivity contribution in [3.05, 3.63) is 36.3 Å². The summed E-state index contributed by atoms with van der Waals surface area (Å²) in [4.78, 5) is 30.5. The fraction of sp³-hybridized carbons (Fsp3) is 0.308. The van der Waals surface area contributed by atoms with Crippen LogP contribution in [-0.2, 0) is 11.2 Å². The summed E-state index contributed by atoms with van der Waals surface area (Å²) < 4.78 is 1.93. The second-order valence-electron chi connectivity index (χ2n) is 4.63. The minimum Gasteiger partial charge on any atom is -0.318 e. The van der Waals surface area contributed by atoms with Gasteiger partial charge in [-0.05, 0) is 12.1 Å². The first-order chi connectivity index (χ1) is 9.15. The number of pyridine rings is 1. The Kier molecular flexibility index (Phi) is 2.70. The standard InChI is InChI=1S/C13H14N4O2/c1-15-9-12(18)17(13(15)19)7-5-10-8-16-6-3-2-4-11(16)14-10/h2-4,6,8H,5,7,9H2,1H3. The quantitative estimate of drug-likeness (QED) is 0.764. The molecule has 0 bridgehead atoms. The molecule has 3 heterocycles. The van der Waals surface area contributed by atoms with E-state index < -0.39 is 0 Å². The number of hydrogen-bond acceptors (Lipinski definition) is 3. The van der Waals surface area contributed by atoms with Crippen molar-refractivity contribution < 1.29 is 9.59 Å². The highest BCUT2D eigenvalue weighted by atomic mass is 16.2. The Bertz CT molecular complexity index is 616. The van der Waals surface area contributed by atoms with Gasteiger partial charge < -0.3 is 9.30 Å². The van der Waals surface area contributed by atoms with E-state index in [0.717, 1.165) is 11.3 Å². The van der Waals surface area contributed by atoms with Crippen LogP contribution in [0.4, 0.5) is 4.79 Å². The summed E-state index contributed by atoms with van der Waals surface area (Å²) in [5, 5.41) is 0. The van der Waals surface area contributed by atoms with Crippen LogP contribution in [0.25, 0.3) is 5.65 Å². The van der Waals surface area contributed by atoms with Gasteiger partial charge in [0.05, 0.1) is 5.69 Å². The van der Waals surface area contributed by atoms with Gasteiger partial charge in [-0.2, -0.15) is 0 Å². The number of amides is 3. The van der Waals surface area contributed by atoms with Crippen LogP contribution in [-0.4, -0.2) is 51.3 Å². The van der Waals surface area contributed by atoms with Crippen LogP contribution in [0.3, 0.4) is 0 Å². The van der Waals surface area contributed by atoms with Crippen molar-refractivity contribution in [2.24, 2.45) is 0 Å². The molecule has 0 aromatic carbocycles. The van der Waals surface area contributed by atoms with Crippen molar-refractivity contribution in [1.82, 2.24) is 19.2 Å². The first-order valence-electron chi connectivity index (χ1n) is 6.13. The van der Waals surface area contributed by atoms with Gasteiger partial charge >= 0.3 is 6.03 Å². The zero-order chi connectivity index (χ0) is 13.4. The molecule has 1 saturated heterocycles. The van der Waals surface area contributed by atoms with E-state index in [9.17, 15) is 9.59 Å². The zero-order valence-electron chi connectivity index (χ0n) is 10.6. The molecular weight excluding hydrogens is 244 g/mol. The molecule has 6 nitrogen and oxygen atoms in total. The van der Waals surface area contributed by atoms with Crippen molar-refractivity contribution in [1.29, 1.82) is 0 Å². The zero-order valence-corrected chi connectivity index (χ0v) is 10.6. The first-order valence-corrected chi connectivity index (χ1v) is 6.13. The SMILES string of the molecule is CN1CC(=O)N(CCc2cn3ccccc3n2)C1=O. The molecule has 19 heavy (non-hydrogen) atoms. The molecule has 0 unspecified atom stereocenters. The van der Waals surface area contributed by atoms with Gasteiger partial charge in [0.15, 0.2) is 0 Å². The lowest BCUT2D eigenvalue weighted by Gasteiger charge is -2.12. The smallest absolute Gasteiger partial charge is 0.318 e. The highest BCUT2D eigenvalue weighted by molar-refractivity contribution is 6.01. The number of aromatic nitrogens is 2. The Balaban J connectivity index is 1.72. The van der Waals surface area contributed by atoms with Gasteiger partial charge in [0.1, 0.15) is 12.2 Å². The maximum Gasteiger partial charge on any atom is 0.326 e. The Hall–Kier alpha value is -2.37. The van der Waals surface area contributed by atoms with Crippen molar-refractivity contribution in [2.75, 3.05) is 20.1 Å². The van der Waals surface area contributed by atoms with Crippen LogP contribution in [0.2, 0.25) is 0 Å². The predicted molar refractivity (Wildman–Crippen MR) is 68.6 cm³/mol. The van der Waals surface area contributed by atoms with E-state index in [1.165, 1.54) is 9.80 Å². The van der Waals surface area contributed by atoms with Gasteiger partial charge in [-0.1, -0.05) is 6.07 Å². The monoisotopic (exact) mass is 258 g/mol. The number of likely N-dealkylation sites (N-methyl/N-ethyl adjacent to an activating group) is 1. The Morgan fingerprint density at radius 1 is 1.32 bits per heavy atom. The third kappa shape index (κ3) is 2.05. The van der Waals surface area contributed by atoms with E-state index in [2.05, 4.69) is 4.98 Å². The molecule has 2 aromatic rings. The van der Waals surface area contributed by atoms with Crippen LogP contribution in [0, 0.1) is 0 Å². The summed E-state index contributed by atoms with van der Waals surface area (Å²) in [6.45, 7) is 0.551. The lowest BCUT2D eigenvalue weighted by Crippen LogP contribution is -2.33. The van der Waals surface area contributed by atoms with E-state index >= 15 is 0 Å². The molecule has 0 radical (unpaired) electrons. The molecule has 0 spiro atoms. The van der Waals surface area contributed by atoms with Gasteiger partial charge in [0.25, 0.3) is 0 Å². The van der Waals surface area contributed by atoms with E-state index in [0.29, 0.717) is 13.0 Å². The number of carbonyl (C=O) groups is 2. The molecule has 0 atom stereocenters. The predicted octanol–water partition coefficient (Wildman–Crippen LogP) is 0.771. The molecule has 0 saturated carbocycles. The van der Waals surface area contributed by atoms with Crippen LogP contribution in [0.5, 0.6) is 0 Å². The van der Waals surface area contributed by atoms with Gasteiger partial charge in [-0.25, -0.2) is 9.78 Å². The molecule has 0 N–H and O–H groups in total. The first kappa shape index (κ1) is 11.7. The summed E-state index contributed by atoms with van der Waals surface area (Å²) >= 11 is 0. The van der Waals surface area contributed by atoms with Gasteiger partial charge in [-0.15, -0.1) is 0 Å². The number of rotatable bonds is 3. The lowest BCUT2D eigenvalue weighted by molar-refractivity contribution is -0.125. The molecule has 1 aliphatic rings. The van der Waals surface area contributed by atoms with Crippen LogP contribution in [0.1, 0.15) is 5.69 Å². The molecule has 1 fully saturated rings. The molecular formula is C13H14N4O2. The van der Waals surface area contributed by atoms with Crippen molar-refractivity contribution in [2.45, 2.75) is 6.42 Å². The van der Waals surface area contributed by atoms with Gasteiger partial charge in [0.2, 0.25) is 5.91 Å². The third-order valence-corrected chi connectivity index (χ3v) is 3.24. The Morgan fingerprint density at radius 2 is 2.16 bits per heavy atom. The summed E-state index contributed by atoms with van der Waals surface area (Å²) in [6.07, 6.45) is 4.42. The second-order valence-corrected chi connectivity index (χ2v) is 4.63. The summed E-state index contributed by atoms with van der Waals surface area (Å²) in [5.74, 6) is -0.142. The molecule has 98 valence electrons. The van der Waals surface area contributed by atoms with Gasteiger partial charge in [-0.3, -0.25) is 9.69 Å². The number of carbonyl (C=O) groups excluding carboxylic acids is 2. The van der Waals surface area contributed by atoms with Gasteiger partial charge in [0, 0.05) is 32.4 Å². The number of urea groups is 1. The molecule has 0 aliphatic carbocycles. The van der Waals surface area contributed by atoms with E-state index in [4.69, 9.17) is 0 Å². The van der Waals surface area contributed by atoms with Crippen molar-refractivity contribution >= 4 is 17.6 Å². The maximum atomic E-state index is 11.7. The Morgan fingerprint density at radius 3 is 2.84 bits per heavy atom. The van der Waals surface area contributed by atoms with Crippen LogP contribution >= 0.6 is 0 Å². The maximum absolute atomic E-state index is 11.7. The van der Waals surface area contributed by atoms with Crippen molar-refractivity contribution in [3.8, 4) is 0 Å². The number of nitrogens with zero attached hydrogens (tertiary/aromatic N) is 4. The largest absolute Gasteiger partial charge is 0.326 e. The number of imidazole rings is 1. The third-order valence-electron chi connectivity index (χ3n) is 3.24. The molecule has 3 amide bonds. The summed E-state index contributed by atoms with van der Waals surface area (Å²) in [7, 11) is 1.63. The lowest BCUT2D eigenvalue weighted by atomic mass is 10.3. The highest BCUT2D eigenvalue weighted by Crippen LogP contribution is 2.10. The normalized spacial score (nSPS) is 15.8. The second kappa shape index (κ2) is 4.38. The van der Waals surface area contributed by atoms with Crippen molar-refractivity contribution in [3.63, 3.8) is 0 Å². The van der Waals surface area contributed by atoms with E-state index in [-0.39, 0.29) is 18.5 Å². The summed E-state index contributed by atoms with van der Waals surface area (Å²) in [5.41, 5.74) is 1.75. The minimum atomic E-state index is -0.228. The fourth-order valence-electron chi connectivity index (χ4n) is 2.22. The topological polar surface area (TPSA) is 57.9 Å². The van der Waals surface area contributed by atoms with Crippen LogP contribution in [0.15, 0.2) is 30.6 Å². The molecule has 2 aromatic heterocycles. The summed E-state index contributed by atoms with van der Waals surface area (Å²) in [6, 6.07) is 5.55. The molecule has 1 aliphatic heterocycles. The average Bonchev–Trinajstić information content (AvgIpc) is 2.90. The highest BCUT2D eigenvalue weighted by Gasteiger charge is 2.32. The average molecular weight is 258 g/mol. The number of hydrogen-bond donors (Lipinski definition) is 0. The molecule has 3 rings (SSSR count). The molecule has 6 heteroatoms. The van der Waals surface area contributed by atoms with Crippen LogP contribution < -0.4 is 0 Å².